The third kappa shape index (κ3) is 6.41. The van der Waals surface area contributed by atoms with Gasteiger partial charge < -0.3 is 25.0 Å². The van der Waals surface area contributed by atoms with Gasteiger partial charge in [-0.05, 0) is 92.4 Å². The molecular formula is C31H35N5O2S. The predicted octanol–water partition coefficient (Wildman–Crippen LogP) is 6.28. The molecule has 2 saturated heterocycles. The SMILES string of the molecule is Cc1cnc(Nc2ccc(OCCC3CCCN3)cc2)nc1-c1ccc(-c2cccc(N3CCOCC3)c2)s1. The molecule has 39 heavy (non-hydrogen) atoms. The molecule has 0 radical (unpaired) electrons. The summed E-state index contributed by atoms with van der Waals surface area (Å²) < 4.78 is 11.5. The van der Waals surface area contributed by atoms with E-state index >= 15 is 0 Å². The van der Waals surface area contributed by atoms with Crippen LogP contribution in [0, 0.1) is 6.92 Å². The van der Waals surface area contributed by atoms with Crippen molar-refractivity contribution in [3.05, 3.63) is 72.4 Å². The van der Waals surface area contributed by atoms with Crippen molar-refractivity contribution in [2.45, 2.75) is 32.2 Å². The third-order valence-corrected chi connectivity index (χ3v) is 8.47. The lowest BCUT2D eigenvalue weighted by Gasteiger charge is -2.29. The zero-order chi connectivity index (χ0) is 26.4. The number of benzene rings is 2. The first-order valence-electron chi connectivity index (χ1n) is 13.8. The lowest BCUT2D eigenvalue weighted by molar-refractivity contribution is 0.122. The van der Waals surface area contributed by atoms with Gasteiger partial charge in [0.2, 0.25) is 5.95 Å². The number of rotatable bonds is 9. The van der Waals surface area contributed by atoms with Gasteiger partial charge in [0.15, 0.2) is 0 Å². The minimum Gasteiger partial charge on any atom is -0.494 e. The van der Waals surface area contributed by atoms with Crippen molar-refractivity contribution in [2.24, 2.45) is 0 Å². The first-order valence-corrected chi connectivity index (χ1v) is 14.6. The van der Waals surface area contributed by atoms with Gasteiger partial charge in [0.1, 0.15) is 5.75 Å². The number of thiophene rings is 1. The molecule has 0 saturated carbocycles. The minimum atomic E-state index is 0.584. The van der Waals surface area contributed by atoms with E-state index in [2.05, 4.69) is 63.8 Å². The summed E-state index contributed by atoms with van der Waals surface area (Å²) in [6, 6.07) is 21.7. The fourth-order valence-corrected chi connectivity index (χ4v) is 6.19. The van der Waals surface area contributed by atoms with E-state index < -0.39 is 0 Å². The van der Waals surface area contributed by atoms with E-state index in [1.54, 1.807) is 11.3 Å². The van der Waals surface area contributed by atoms with Gasteiger partial charge in [-0.2, -0.15) is 0 Å². The summed E-state index contributed by atoms with van der Waals surface area (Å²) >= 11 is 1.76. The van der Waals surface area contributed by atoms with Crippen LogP contribution in [0.5, 0.6) is 5.75 Å². The Morgan fingerprint density at radius 3 is 2.74 bits per heavy atom. The minimum absolute atomic E-state index is 0.584. The highest BCUT2D eigenvalue weighted by molar-refractivity contribution is 7.18. The fourth-order valence-electron chi connectivity index (χ4n) is 5.14. The van der Waals surface area contributed by atoms with Gasteiger partial charge in [-0.15, -0.1) is 11.3 Å². The maximum Gasteiger partial charge on any atom is 0.227 e. The third-order valence-electron chi connectivity index (χ3n) is 7.33. The monoisotopic (exact) mass is 541 g/mol. The predicted molar refractivity (Wildman–Crippen MR) is 159 cm³/mol. The zero-order valence-corrected chi connectivity index (χ0v) is 23.2. The highest BCUT2D eigenvalue weighted by atomic mass is 32.1. The first kappa shape index (κ1) is 25.8. The molecule has 0 bridgehead atoms. The van der Waals surface area contributed by atoms with Crippen LogP contribution >= 0.6 is 11.3 Å². The van der Waals surface area contributed by atoms with Crippen LogP contribution in [-0.2, 0) is 4.74 Å². The van der Waals surface area contributed by atoms with Crippen LogP contribution in [0.25, 0.3) is 21.0 Å². The molecule has 8 heteroatoms. The van der Waals surface area contributed by atoms with Crippen molar-refractivity contribution in [3.63, 3.8) is 0 Å². The van der Waals surface area contributed by atoms with Gasteiger partial charge in [0, 0.05) is 41.6 Å². The van der Waals surface area contributed by atoms with Crippen molar-refractivity contribution in [1.82, 2.24) is 15.3 Å². The van der Waals surface area contributed by atoms with E-state index in [0.717, 1.165) is 73.4 Å². The van der Waals surface area contributed by atoms with E-state index in [0.29, 0.717) is 12.0 Å². The molecule has 2 aromatic carbocycles. The maximum absolute atomic E-state index is 5.94. The molecule has 2 fully saturated rings. The summed E-state index contributed by atoms with van der Waals surface area (Å²) in [5, 5.41) is 6.87. The number of morpholine rings is 1. The van der Waals surface area contributed by atoms with Gasteiger partial charge in [0.05, 0.1) is 30.4 Å². The van der Waals surface area contributed by atoms with Gasteiger partial charge in [0.25, 0.3) is 0 Å². The van der Waals surface area contributed by atoms with E-state index in [4.69, 9.17) is 14.5 Å². The Hall–Kier alpha value is -3.46. The standard InChI is InChI=1S/C31H35N5O2S/c1-22-21-33-31(34-25-7-9-27(10-8-25)38-17-13-24-5-3-14-32-24)35-30(22)29-12-11-28(39-29)23-4-2-6-26(20-23)36-15-18-37-19-16-36/h2,4,6-12,20-21,24,32H,3,5,13-19H2,1H3,(H,33,34,35). The van der Waals surface area contributed by atoms with Gasteiger partial charge in [-0.3, -0.25) is 0 Å². The fraction of sp³-hybridized carbons (Fsp3) is 0.355. The Balaban J connectivity index is 1.12. The van der Waals surface area contributed by atoms with E-state index in [-0.39, 0.29) is 0 Å². The number of aryl methyl sites for hydroxylation is 1. The second kappa shape index (κ2) is 12.2. The average Bonchev–Trinajstić information content (AvgIpc) is 3.69. The van der Waals surface area contributed by atoms with Gasteiger partial charge in [-0.25, -0.2) is 9.97 Å². The Bertz CT molecular complexity index is 1380. The summed E-state index contributed by atoms with van der Waals surface area (Å²) in [5.41, 5.74) is 5.41. The van der Waals surface area contributed by atoms with Crippen LogP contribution in [0.15, 0.2) is 66.9 Å². The van der Waals surface area contributed by atoms with Crippen molar-refractivity contribution in [1.29, 1.82) is 0 Å². The van der Waals surface area contributed by atoms with E-state index in [1.807, 2.05) is 30.5 Å². The highest BCUT2D eigenvalue weighted by Gasteiger charge is 2.15. The maximum atomic E-state index is 5.94. The summed E-state index contributed by atoms with van der Waals surface area (Å²) in [6.45, 7) is 7.36. The molecule has 2 aromatic heterocycles. The molecule has 6 rings (SSSR count). The average molecular weight is 542 g/mol. The molecule has 4 aromatic rings. The van der Waals surface area contributed by atoms with Crippen LogP contribution in [0.2, 0.25) is 0 Å². The number of anilines is 3. The molecule has 2 aliphatic rings. The lowest BCUT2D eigenvalue weighted by Crippen LogP contribution is -2.36. The summed E-state index contributed by atoms with van der Waals surface area (Å²) in [5.74, 6) is 1.47. The van der Waals surface area contributed by atoms with Crippen LogP contribution in [0.3, 0.4) is 0 Å². The molecular weight excluding hydrogens is 506 g/mol. The number of hydrogen-bond acceptors (Lipinski definition) is 8. The number of aromatic nitrogens is 2. The zero-order valence-electron chi connectivity index (χ0n) is 22.4. The summed E-state index contributed by atoms with van der Waals surface area (Å²) in [7, 11) is 0. The number of hydrogen-bond donors (Lipinski definition) is 2. The molecule has 7 nitrogen and oxygen atoms in total. The van der Waals surface area contributed by atoms with Crippen molar-refractivity contribution in [3.8, 4) is 26.8 Å². The topological polar surface area (TPSA) is 71.5 Å². The largest absolute Gasteiger partial charge is 0.494 e. The molecule has 0 spiro atoms. The Labute approximate surface area is 234 Å². The highest BCUT2D eigenvalue weighted by Crippen LogP contribution is 2.36. The molecule has 2 aliphatic heterocycles. The van der Waals surface area contributed by atoms with Crippen LogP contribution in [0.4, 0.5) is 17.3 Å². The molecule has 0 amide bonds. The Morgan fingerprint density at radius 2 is 1.92 bits per heavy atom. The van der Waals surface area contributed by atoms with Crippen LogP contribution < -0.4 is 20.3 Å². The first-order chi connectivity index (χ1) is 19.2. The van der Waals surface area contributed by atoms with Gasteiger partial charge >= 0.3 is 0 Å². The molecule has 1 unspecified atom stereocenters. The molecule has 0 aliphatic carbocycles. The van der Waals surface area contributed by atoms with Crippen LogP contribution in [0.1, 0.15) is 24.8 Å². The molecule has 1 atom stereocenters. The van der Waals surface area contributed by atoms with Crippen molar-refractivity contribution >= 4 is 28.7 Å². The lowest BCUT2D eigenvalue weighted by atomic mass is 10.1. The number of ether oxygens (including phenoxy) is 2. The second-order valence-electron chi connectivity index (χ2n) is 10.1. The van der Waals surface area contributed by atoms with E-state index in [9.17, 15) is 0 Å². The Kier molecular flexibility index (Phi) is 8.04. The van der Waals surface area contributed by atoms with Crippen molar-refractivity contribution < 1.29 is 9.47 Å². The van der Waals surface area contributed by atoms with Crippen LogP contribution in [-0.4, -0.2) is 55.5 Å². The van der Waals surface area contributed by atoms with E-state index in [1.165, 1.54) is 29.0 Å². The molecule has 2 N–H and O–H groups in total. The summed E-state index contributed by atoms with van der Waals surface area (Å²) in [4.78, 5) is 14.2. The summed E-state index contributed by atoms with van der Waals surface area (Å²) in [6.07, 6.45) is 5.45. The molecule has 4 heterocycles. The number of nitrogens with zero attached hydrogens (tertiary/aromatic N) is 3. The quantitative estimate of drug-likeness (QED) is 0.258. The Morgan fingerprint density at radius 1 is 1.08 bits per heavy atom. The second-order valence-corrected chi connectivity index (χ2v) is 11.2. The smallest absolute Gasteiger partial charge is 0.227 e. The normalized spacial score (nSPS) is 17.4. The van der Waals surface area contributed by atoms with Crippen molar-refractivity contribution in [2.75, 3.05) is 49.7 Å². The van der Waals surface area contributed by atoms with Gasteiger partial charge in [-0.1, -0.05) is 12.1 Å². The number of nitrogens with one attached hydrogen (secondary N) is 2. The molecule has 202 valence electrons.